The lowest BCUT2D eigenvalue weighted by molar-refractivity contribution is 0.487. The average molecular weight is 453 g/mol. The van der Waals surface area contributed by atoms with Gasteiger partial charge >= 0.3 is 0 Å². The highest BCUT2D eigenvalue weighted by Gasteiger charge is 2.21. The van der Waals surface area contributed by atoms with Crippen LogP contribution in [-0.2, 0) is 0 Å². The van der Waals surface area contributed by atoms with Crippen molar-refractivity contribution in [3.05, 3.63) is 121 Å². The Balaban J connectivity index is 1.38. The van der Waals surface area contributed by atoms with Crippen molar-refractivity contribution in [2.24, 2.45) is 0 Å². The minimum atomic E-state index is 0.922. The average Bonchev–Trinajstić information content (AvgIpc) is 3.39. The molecule has 0 amide bonds. The van der Waals surface area contributed by atoms with Gasteiger partial charge in [-0.05, 0) is 63.5 Å². The second-order valence-corrected chi connectivity index (χ2v) is 9.60. The van der Waals surface area contributed by atoms with Crippen molar-refractivity contribution in [3.8, 4) is 54.6 Å². The normalized spacial score (nSPS) is 11.8. The van der Waals surface area contributed by atoms with Crippen LogP contribution in [0.4, 0.5) is 0 Å². The first kappa shape index (κ1) is 19.3. The van der Waals surface area contributed by atoms with Gasteiger partial charge in [0.1, 0.15) is 11.5 Å². The van der Waals surface area contributed by atoms with Crippen molar-refractivity contribution in [2.45, 2.75) is 0 Å². The first-order valence-electron chi connectivity index (χ1n) is 11.4. The molecule has 0 atom stereocenters. The molecule has 0 aliphatic carbocycles. The van der Waals surface area contributed by atoms with Gasteiger partial charge in [-0.1, -0.05) is 91.0 Å². The first-order valence-corrected chi connectivity index (χ1v) is 12.3. The van der Waals surface area contributed by atoms with Gasteiger partial charge < -0.3 is 4.74 Å². The second kappa shape index (κ2) is 7.72. The van der Waals surface area contributed by atoms with Crippen LogP contribution in [0.1, 0.15) is 0 Å². The number of hydrogen-bond acceptors (Lipinski definition) is 2. The summed E-state index contributed by atoms with van der Waals surface area (Å²) < 4.78 is 6.28. The van der Waals surface area contributed by atoms with Crippen LogP contribution in [-0.4, -0.2) is 0 Å². The third-order valence-corrected chi connectivity index (χ3v) is 7.70. The van der Waals surface area contributed by atoms with Crippen LogP contribution in [0.3, 0.4) is 0 Å². The Hall–Kier alpha value is -4.14. The molecule has 0 unspecified atom stereocenters. The fourth-order valence-electron chi connectivity index (χ4n) is 4.99. The summed E-state index contributed by atoms with van der Waals surface area (Å²) in [7, 11) is 0. The maximum atomic E-state index is 6.28. The van der Waals surface area contributed by atoms with Crippen LogP contribution < -0.4 is 4.74 Å². The molecule has 1 aliphatic rings. The van der Waals surface area contributed by atoms with Crippen LogP contribution in [0, 0.1) is 0 Å². The molecule has 7 rings (SSSR count). The third-order valence-electron chi connectivity index (χ3n) is 6.55. The fraction of sp³-hybridized carbons (Fsp3) is 0. The maximum Gasteiger partial charge on any atom is 0.135 e. The van der Waals surface area contributed by atoms with Crippen LogP contribution in [0.15, 0.2) is 121 Å². The standard InChI is InChI=1S/C32H20OS/c1-2-9-21(10-3-1)22-11-4-5-13-24(22)30-19-20-31(34-30)25-17-18-29-32-26(14-8-15-27(25)32)23-12-6-7-16-28(23)33-29/h1-20H. The third kappa shape index (κ3) is 3.00. The Bertz CT molecular complexity index is 1680. The van der Waals surface area contributed by atoms with Crippen molar-refractivity contribution in [2.75, 3.05) is 0 Å². The zero-order valence-electron chi connectivity index (χ0n) is 18.4. The molecule has 2 heterocycles. The number of para-hydroxylation sites is 1. The molecule has 0 saturated heterocycles. The van der Waals surface area contributed by atoms with Gasteiger partial charge in [-0.2, -0.15) is 0 Å². The molecule has 160 valence electrons. The van der Waals surface area contributed by atoms with E-state index in [2.05, 4.69) is 109 Å². The molecule has 0 fully saturated rings. The van der Waals surface area contributed by atoms with Crippen molar-refractivity contribution < 1.29 is 4.74 Å². The van der Waals surface area contributed by atoms with Crippen LogP contribution in [0.25, 0.3) is 53.9 Å². The van der Waals surface area contributed by atoms with Crippen molar-refractivity contribution in [3.63, 3.8) is 0 Å². The monoisotopic (exact) mass is 452 g/mol. The molecule has 1 aliphatic heterocycles. The molecule has 0 N–H and O–H groups in total. The van der Waals surface area contributed by atoms with E-state index in [0.717, 1.165) is 17.1 Å². The molecule has 2 heteroatoms. The summed E-state index contributed by atoms with van der Waals surface area (Å²) >= 11 is 1.84. The van der Waals surface area contributed by atoms with E-state index >= 15 is 0 Å². The van der Waals surface area contributed by atoms with E-state index in [4.69, 9.17) is 4.74 Å². The van der Waals surface area contributed by atoms with E-state index in [-0.39, 0.29) is 0 Å². The molecule has 1 nitrogen and oxygen atoms in total. The minimum Gasteiger partial charge on any atom is -0.456 e. The van der Waals surface area contributed by atoms with Gasteiger partial charge in [0.05, 0.1) is 0 Å². The van der Waals surface area contributed by atoms with Crippen LogP contribution in [0.5, 0.6) is 11.5 Å². The summed E-state index contributed by atoms with van der Waals surface area (Å²) in [6.07, 6.45) is 0. The Morgan fingerprint density at radius 1 is 0.412 bits per heavy atom. The second-order valence-electron chi connectivity index (χ2n) is 8.51. The van der Waals surface area contributed by atoms with E-state index in [1.54, 1.807) is 0 Å². The summed E-state index contributed by atoms with van der Waals surface area (Å²) in [5, 5.41) is 2.42. The zero-order chi connectivity index (χ0) is 22.5. The molecule has 0 spiro atoms. The number of rotatable bonds is 3. The van der Waals surface area contributed by atoms with Crippen LogP contribution >= 0.6 is 11.3 Å². The molecular formula is C32H20OS. The number of thiophene rings is 1. The molecule has 0 radical (unpaired) electrons. The predicted octanol–water partition coefficient (Wildman–Crippen LogP) is 9.67. The van der Waals surface area contributed by atoms with Gasteiger partial charge in [0.15, 0.2) is 0 Å². The molecule has 1 aromatic heterocycles. The Morgan fingerprint density at radius 2 is 1.09 bits per heavy atom. The summed E-state index contributed by atoms with van der Waals surface area (Å²) in [6.45, 7) is 0. The van der Waals surface area contributed by atoms with E-state index in [9.17, 15) is 0 Å². The molecule has 5 aromatic carbocycles. The maximum absolute atomic E-state index is 6.28. The van der Waals surface area contributed by atoms with Gasteiger partial charge in [0.25, 0.3) is 0 Å². The molecule has 6 aromatic rings. The zero-order valence-corrected chi connectivity index (χ0v) is 19.2. The van der Waals surface area contributed by atoms with E-state index in [1.807, 2.05) is 23.5 Å². The lowest BCUT2D eigenvalue weighted by Gasteiger charge is -2.22. The van der Waals surface area contributed by atoms with E-state index in [1.165, 1.54) is 48.3 Å². The van der Waals surface area contributed by atoms with Crippen molar-refractivity contribution in [1.82, 2.24) is 0 Å². The van der Waals surface area contributed by atoms with Gasteiger partial charge in [-0.25, -0.2) is 0 Å². The first-order chi connectivity index (χ1) is 16.9. The molecular weight excluding hydrogens is 432 g/mol. The highest BCUT2D eigenvalue weighted by molar-refractivity contribution is 7.19. The van der Waals surface area contributed by atoms with Gasteiger partial charge in [0, 0.05) is 20.7 Å². The Labute approximate surface area is 202 Å². The lowest BCUT2D eigenvalue weighted by atomic mass is 9.92. The number of fused-ring (bicyclic) bond motifs is 2. The van der Waals surface area contributed by atoms with Crippen molar-refractivity contribution in [1.29, 1.82) is 0 Å². The Kier molecular flexibility index (Phi) is 4.39. The smallest absolute Gasteiger partial charge is 0.135 e. The number of ether oxygens (including phenoxy) is 1. The predicted molar refractivity (Wildman–Crippen MR) is 144 cm³/mol. The highest BCUT2D eigenvalue weighted by atomic mass is 32.1. The summed E-state index contributed by atoms with van der Waals surface area (Å²) in [5.74, 6) is 1.85. The molecule has 34 heavy (non-hydrogen) atoms. The van der Waals surface area contributed by atoms with Crippen LogP contribution in [0.2, 0.25) is 0 Å². The van der Waals surface area contributed by atoms with Crippen molar-refractivity contribution >= 4 is 22.1 Å². The summed E-state index contributed by atoms with van der Waals surface area (Å²) in [6, 6.07) is 43.0. The molecule has 0 bridgehead atoms. The number of benzene rings is 5. The van der Waals surface area contributed by atoms with Gasteiger partial charge in [-0.15, -0.1) is 11.3 Å². The fourth-order valence-corrected chi connectivity index (χ4v) is 6.08. The molecule has 0 saturated carbocycles. The van der Waals surface area contributed by atoms with Gasteiger partial charge in [0.2, 0.25) is 0 Å². The Morgan fingerprint density at radius 3 is 1.94 bits per heavy atom. The minimum absolute atomic E-state index is 0.922. The highest BCUT2D eigenvalue weighted by Crippen LogP contribution is 2.49. The lowest BCUT2D eigenvalue weighted by Crippen LogP contribution is -1.97. The van der Waals surface area contributed by atoms with E-state index in [0.29, 0.717) is 0 Å². The van der Waals surface area contributed by atoms with Gasteiger partial charge in [-0.3, -0.25) is 0 Å². The van der Waals surface area contributed by atoms with E-state index < -0.39 is 0 Å². The summed E-state index contributed by atoms with van der Waals surface area (Å²) in [4.78, 5) is 2.54. The number of hydrogen-bond donors (Lipinski definition) is 0. The summed E-state index contributed by atoms with van der Waals surface area (Å²) in [5.41, 5.74) is 7.41. The SMILES string of the molecule is c1ccc(-c2ccccc2-c2ccc(-c3ccc4c5c(cccc35)-c3ccccc3O4)s2)cc1. The largest absolute Gasteiger partial charge is 0.456 e. The quantitative estimate of drug-likeness (QED) is 0.259. The topological polar surface area (TPSA) is 9.23 Å².